The van der Waals surface area contributed by atoms with E-state index in [1.54, 1.807) is 12.3 Å². The molecule has 1 aliphatic heterocycles. The van der Waals surface area contributed by atoms with E-state index in [1.165, 1.54) is 17.4 Å². The van der Waals surface area contributed by atoms with Crippen molar-refractivity contribution < 1.29 is 13.2 Å². The smallest absolute Gasteiger partial charge is 0.244 e. The van der Waals surface area contributed by atoms with Crippen molar-refractivity contribution in [2.24, 2.45) is 0 Å². The number of nitrogens with zero attached hydrogens (tertiary/aromatic N) is 1. The Balaban J connectivity index is 1.88. The topological polar surface area (TPSA) is 68.3 Å². The van der Waals surface area contributed by atoms with E-state index in [-0.39, 0.29) is 11.4 Å². The van der Waals surface area contributed by atoms with E-state index >= 15 is 0 Å². The fraction of sp³-hybridized carbons (Fsp3) is 0.308. The highest BCUT2D eigenvalue weighted by Gasteiger charge is 2.26. The third kappa shape index (κ3) is 3.06. The molecule has 0 saturated heterocycles. The Hall–Kier alpha value is -1.15. The van der Waals surface area contributed by atoms with Gasteiger partial charge in [0, 0.05) is 28.1 Å². The molecule has 5 nitrogen and oxygen atoms in total. The zero-order valence-electron chi connectivity index (χ0n) is 11.2. The number of sulfonamides is 1. The van der Waals surface area contributed by atoms with Gasteiger partial charge in [0.1, 0.15) is 15.7 Å². The molecule has 1 aliphatic rings. The van der Waals surface area contributed by atoms with Crippen molar-refractivity contribution in [3.8, 4) is 5.75 Å². The first-order valence-corrected chi connectivity index (χ1v) is 9.00. The van der Waals surface area contributed by atoms with Gasteiger partial charge in [-0.15, -0.1) is 11.3 Å². The lowest BCUT2D eigenvalue weighted by Crippen LogP contribution is -2.23. The molecule has 0 atom stereocenters. The number of thiazole rings is 1. The van der Waals surface area contributed by atoms with Gasteiger partial charge in [0.25, 0.3) is 0 Å². The van der Waals surface area contributed by atoms with Crippen LogP contribution in [-0.2, 0) is 23.0 Å². The summed E-state index contributed by atoms with van der Waals surface area (Å²) in [6, 6.07) is 3.16. The van der Waals surface area contributed by atoms with Crippen LogP contribution in [0.25, 0.3) is 0 Å². The lowest BCUT2D eigenvalue weighted by molar-refractivity contribution is 0.348. The third-order valence-electron chi connectivity index (χ3n) is 3.09. The molecule has 1 aromatic carbocycles. The van der Waals surface area contributed by atoms with Gasteiger partial charge in [-0.2, -0.15) is 0 Å². The third-order valence-corrected chi connectivity index (χ3v) is 5.62. The first kappa shape index (κ1) is 14.8. The molecule has 0 amide bonds. The molecule has 21 heavy (non-hydrogen) atoms. The van der Waals surface area contributed by atoms with E-state index in [0.717, 1.165) is 15.4 Å². The normalized spacial score (nSPS) is 14.0. The number of halogens is 1. The highest BCUT2D eigenvalue weighted by molar-refractivity contribution is 7.89. The molecule has 0 fully saturated rings. The highest BCUT2D eigenvalue weighted by Crippen LogP contribution is 2.35. The second-order valence-corrected chi connectivity index (χ2v) is 8.17. The van der Waals surface area contributed by atoms with Crippen LogP contribution in [0, 0.1) is 6.92 Å². The van der Waals surface area contributed by atoms with Gasteiger partial charge in [-0.25, -0.2) is 18.1 Å². The minimum atomic E-state index is -3.69. The van der Waals surface area contributed by atoms with Crippen LogP contribution in [0.3, 0.4) is 0 Å². The molecular formula is C13H13ClN2O3S2. The summed E-state index contributed by atoms with van der Waals surface area (Å²) in [5.41, 5.74) is 0.827. The second kappa shape index (κ2) is 5.57. The Morgan fingerprint density at radius 2 is 2.29 bits per heavy atom. The van der Waals surface area contributed by atoms with Crippen molar-refractivity contribution in [2.75, 3.05) is 6.61 Å². The number of nitrogens with one attached hydrogen (secondary N) is 1. The van der Waals surface area contributed by atoms with Crippen LogP contribution in [-0.4, -0.2) is 20.0 Å². The summed E-state index contributed by atoms with van der Waals surface area (Å²) in [6.45, 7) is 2.55. The molecule has 0 bridgehead atoms. The molecule has 0 aliphatic carbocycles. The summed E-state index contributed by atoms with van der Waals surface area (Å²) in [7, 11) is -3.69. The predicted molar refractivity (Wildman–Crippen MR) is 81.5 cm³/mol. The van der Waals surface area contributed by atoms with E-state index in [1.807, 2.05) is 6.92 Å². The number of fused-ring (bicyclic) bond motifs is 1. The quantitative estimate of drug-likeness (QED) is 0.925. The molecule has 1 N–H and O–H groups in total. The average molecular weight is 345 g/mol. The Kier molecular flexibility index (Phi) is 3.92. The molecule has 3 rings (SSSR count). The lowest BCUT2D eigenvalue weighted by Gasteiger charge is -2.10. The van der Waals surface area contributed by atoms with Gasteiger partial charge in [0.15, 0.2) is 0 Å². The highest BCUT2D eigenvalue weighted by atomic mass is 35.5. The van der Waals surface area contributed by atoms with Gasteiger partial charge in [-0.3, -0.25) is 0 Å². The minimum absolute atomic E-state index is 0.0933. The van der Waals surface area contributed by atoms with Crippen molar-refractivity contribution in [1.29, 1.82) is 0 Å². The summed E-state index contributed by atoms with van der Waals surface area (Å²) in [6.07, 6.45) is 2.39. The van der Waals surface area contributed by atoms with Gasteiger partial charge < -0.3 is 4.74 Å². The number of rotatable bonds is 4. The van der Waals surface area contributed by atoms with Crippen LogP contribution in [0.2, 0.25) is 5.02 Å². The van der Waals surface area contributed by atoms with Crippen molar-refractivity contribution in [1.82, 2.24) is 9.71 Å². The molecular weight excluding hydrogens is 332 g/mol. The van der Waals surface area contributed by atoms with E-state index in [9.17, 15) is 8.42 Å². The lowest BCUT2D eigenvalue weighted by atomic mass is 10.2. The molecule has 0 saturated carbocycles. The number of aromatic nitrogens is 1. The second-order valence-electron chi connectivity index (χ2n) is 4.68. The predicted octanol–water partition coefficient (Wildman–Crippen LogP) is 2.52. The Morgan fingerprint density at radius 3 is 3.00 bits per heavy atom. The first-order valence-electron chi connectivity index (χ1n) is 6.32. The minimum Gasteiger partial charge on any atom is -0.492 e. The van der Waals surface area contributed by atoms with Crippen LogP contribution >= 0.6 is 22.9 Å². The van der Waals surface area contributed by atoms with Crippen LogP contribution in [0.4, 0.5) is 0 Å². The zero-order chi connectivity index (χ0) is 15.0. The number of ether oxygens (including phenoxy) is 1. The van der Waals surface area contributed by atoms with E-state index in [2.05, 4.69) is 9.71 Å². The maximum absolute atomic E-state index is 12.5. The number of aryl methyl sites for hydroxylation is 1. The summed E-state index contributed by atoms with van der Waals surface area (Å²) >= 11 is 7.45. The number of hydrogen-bond donors (Lipinski definition) is 1. The largest absolute Gasteiger partial charge is 0.492 e. The summed E-state index contributed by atoms with van der Waals surface area (Å²) in [4.78, 5) is 5.27. The first-order chi connectivity index (χ1) is 9.95. The van der Waals surface area contributed by atoms with Gasteiger partial charge >= 0.3 is 0 Å². The van der Waals surface area contributed by atoms with Crippen LogP contribution in [0.1, 0.15) is 15.4 Å². The Bertz CT molecular complexity index is 787. The maximum Gasteiger partial charge on any atom is 0.244 e. The Labute approximate surface area is 132 Å². The molecule has 0 spiro atoms. The summed E-state index contributed by atoms with van der Waals surface area (Å²) in [5.74, 6) is 0.405. The van der Waals surface area contributed by atoms with Gasteiger partial charge in [0.05, 0.1) is 13.2 Å². The van der Waals surface area contributed by atoms with E-state index in [0.29, 0.717) is 23.8 Å². The number of benzene rings is 1. The maximum atomic E-state index is 12.5. The zero-order valence-corrected chi connectivity index (χ0v) is 13.6. The van der Waals surface area contributed by atoms with Crippen molar-refractivity contribution in [3.63, 3.8) is 0 Å². The van der Waals surface area contributed by atoms with Crippen molar-refractivity contribution in [2.45, 2.75) is 24.8 Å². The average Bonchev–Trinajstić information content (AvgIpc) is 3.04. The van der Waals surface area contributed by atoms with E-state index in [4.69, 9.17) is 16.3 Å². The molecule has 112 valence electrons. The molecule has 1 aromatic heterocycles. The molecule has 2 aromatic rings. The molecule has 2 heterocycles. The van der Waals surface area contributed by atoms with Crippen LogP contribution in [0.15, 0.2) is 23.2 Å². The van der Waals surface area contributed by atoms with E-state index < -0.39 is 10.0 Å². The van der Waals surface area contributed by atoms with Gasteiger partial charge in [0.2, 0.25) is 10.0 Å². The fourth-order valence-electron chi connectivity index (χ4n) is 2.15. The SMILES string of the molecule is Cc1cnc(CNS(=O)(=O)c2cc(Cl)cc3c2OCC3)s1. The summed E-state index contributed by atoms with van der Waals surface area (Å²) in [5, 5.41) is 1.11. The van der Waals surface area contributed by atoms with Crippen molar-refractivity contribution >= 4 is 33.0 Å². The van der Waals surface area contributed by atoms with Crippen molar-refractivity contribution in [3.05, 3.63) is 38.8 Å². The monoisotopic (exact) mass is 344 g/mol. The molecule has 0 unspecified atom stereocenters. The number of hydrogen-bond acceptors (Lipinski definition) is 5. The van der Waals surface area contributed by atoms with Crippen LogP contribution < -0.4 is 9.46 Å². The molecule has 8 heteroatoms. The standard InChI is InChI=1S/C13H13ClN2O3S2/c1-8-6-15-12(20-8)7-16-21(17,18)11-5-10(14)4-9-2-3-19-13(9)11/h4-6,16H,2-3,7H2,1H3. The Morgan fingerprint density at radius 1 is 1.48 bits per heavy atom. The molecule has 0 radical (unpaired) electrons. The fourth-order valence-corrected chi connectivity index (χ4v) is 4.47. The van der Waals surface area contributed by atoms with Crippen LogP contribution in [0.5, 0.6) is 5.75 Å². The van der Waals surface area contributed by atoms with Gasteiger partial charge in [-0.1, -0.05) is 11.6 Å². The summed E-state index contributed by atoms with van der Waals surface area (Å²) < 4.78 is 32.9. The van der Waals surface area contributed by atoms with Gasteiger partial charge in [-0.05, 0) is 19.1 Å².